The molecule has 2 rings (SSSR count). The van der Waals surface area contributed by atoms with Gasteiger partial charge in [0.1, 0.15) is 0 Å². The largest absolute Gasteiger partial charge is 0.481 e. The van der Waals surface area contributed by atoms with Gasteiger partial charge in [-0.25, -0.2) is 0 Å². The molecule has 3 atom stereocenters. The van der Waals surface area contributed by atoms with Crippen LogP contribution >= 0.6 is 15.9 Å². The van der Waals surface area contributed by atoms with Crippen molar-refractivity contribution in [1.82, 2.24) is 4.90 Å². The van der Waals surface area contributed by atoms with Gasteiger partial charge in [0.15, 0.2) is 0 Å². The van der Waals surface area contributed by atoms with Crippen molar-refractivity contribution in [2.45, 2.75) is 26.3 Å². The molecule has 0 heterocycles. The Hall–Kier alpha value is -1.36. The predicted octanol–water partition coefficient (Wildman–Crippen LogP) is 3.15. The maximum absolute atomic E-state index is 12.5. The Balaban J connectivity index is 2.04. The first kappa shape index (κ1) is 16.0. The first-order valence-corrected chi connectivity index (χ1v) is 7.90. The van der Waals surface area contributed by atoms with E-state index in [1.165, 1.54) is 0 Å². The molecular formula is C16H20BrNO3. The second-order valence-electron chi connectivity index (χ2n) is 5.95. The molecule has 0 aliphatic heterocycles. The van der Waals surface area contributed by atoms with Crippen molar-refractivity contribution in [3.63, 3.8) is 0 Å². The molecule has 1 aliphatic carbocycles. The van der Waals surface area contributed by atoms with Gasteiger partial charge in [-0.2, -0.15) is 0 Å². The van der Waals surface area contributed by atoms with Crippen molar-refractivity contribution < 1.29 is 14.7 Å². The summed E-state index contributed by atoms with van der Waals surface area (Å²) >= 11 is 3.38. The van der Waals surface area contributed by atoms with E-state index < -0.39 is 17.8 Å². The molecule has 0 spiro atoms. The van der Waals surface area contributed by atoms with E-state index in [0.717, 1.165) is 10.0 Å². The molecule has 0 bridgehead atoms. The maximum Gasteiger partial charge on any atom is 0.307 e. The van der Waals surface area contributed by atoms with Crippen molar-refractivity contribution in [2.75, 3.05) is 7.05 Å². The quantitative estimate of drug-likeness (QED) is 0.904. The molecule has 3 unspecified atom stereocenters. The third kappa shape index (κ3) is 3.84. The van der Waals surface area contributed by atoms with E-state index in [9.17, 15) is 14.7 Å². The van der Waals surface area contributed by atoms with Crippen molar-refractivity contribution >= 4 is 27.8 Å². The number of aliphatic carboxylic acids is 1. The van der Waals surface area contributed by atoms with Crippen LogP contribution in [0.1, 0.15) is 25.3 Å². The number of carboxylic acids is 1. The van der Waals surface area contributed by atoms with Gasteiger partial charge in [0.25, 0.3) is 0 Å². The zero-order valence-electron chi connectivity index (χ0n) is 12.3. The van der Waals surface area contributed by atoms with Gasteiger partial charge >= 0.3 is 5.97 Å². The number of halogens is 1. The normalized spacial score (nSPS) is 24.8. The number of amides is 1. The monoisotopic (exact) mass is 353 g/mol. The first-order chi connectivity index (χ1) is 9.88. The van der Waals surface area contributed by atoms with E-state index >= 15 is 0 Å². The first-order valence-electron chi connectivity index (χ1n) is 7.10. The molecule has 1 N–H and O–H groups in total. The summed E-state index contributed by atoms with van der Waals surface area (Å²) in [6.45, 7) is 2.52. The van der Waals surface area contributed by atoms with Crippen molar-refractivity contribution in [2.24, 2.45) is 17.8 Å². The lowest BCUT2D eigenvalue weighted by Gasteiger charge is -2.23. The van der Waals surface area contributed by atoms with Crippen LogP contribution in [0.4, 0.5) is 0 Å². The van der Waals surface area contributed by atoms with Crippen molar-refractivity contribution in [1.29, 1.82) is 0 Å². The minimum Gasteiger partial charge on any atom is -0.481 e. The van der Waals surface area contributed by atoms with E-state index in [2.05, 4.69) is 15.9 Å². The Morgan fingerprint density at radius 1 is 1.24 bits per heavy atom. The van der Waals surface area contributed by atoms with Crippen LogP contribution in [-0.2, 0) is 16.1 Å². The average molecular weight is 354 g/mol. The van der Waals surface area contributed by atoms with Crippen LogP contribution in [-0.4, -0.2) is 28.9 Å². The van der Waals surface area contributed by atoms with Gasteiger partial charge in [-0.1, -0.05) is 35.0 Å². The third-order valence-electron chi connectivity index (χ3n) is 4.14. The molecule has 1 saturated carbocycles. The van der Waals surface area contributed by atoms with Crippen LogP contribution in [0.2, 0.25) is 0 Å². The van der Waals surface area contributed by atoms with E-state index in [1.54, 1.807) is 11.9 Å². The average Bonchev–Trinajstić information content (AvgIpc) is 2.82. The number of nitrogens with zero attached hydrogens (tertiary/aromatic N) is 1. The summed E-state index contributed by atoms with van der Waals surface area (Å²) in [5, 5.41) is 9.28. The van der Waals surface area contributed by atoms with Gasteiger partial charge in [0, 0.05) is 18.1 Å². The highest BCUT2D eigenvalue weighted by Gasteiger charge is 2.42. The molecule has 0 saturated heterocycles. The highest BCUT2D eigenvalue weighted by atomic mass is 79.9. The molecule has 1 amide bonds. The molecule has 114 valence electrons. The van der Waals surface area contributed by atoms with Crippen LogP contribution in [0.3, 0.4) is 0 Å². The topological polar surface area (TPSA) is 57.6 Å². The third-order valence-corrected chi connectivity index (χ3v) is 4.67. The zero-order chi connectivity index (χ0) is 15.6. The molecule has 1 aromatic rings. The Morgan fingerprint density at radius 3 is 2.38 bits per heavy atom. The summed E-state index contributed by atoms with van der Waals surface area (Å²) < 4.78 is 0.996. The summed E-state index contributed by atoms with van der Waals surface area (Å²) in [6.07, 6.45) is 1.26. The predicted molar refractivity (Wildman–Crippen MR) is 83.6 cm³/mol. The number of carbonyl (C=O) groups is 2. The lowest BCUT2D eigenvalue weighted by atomic mass is 9.95. The smallest absolute Gasteiger partial charge is 0.307 e. The molecule has 4 nitrogen and oxygen atoms in total. The highest BCUT2D eigenvalue weighted by molar-refractivity contribution is 9.10. The Kier molecular flexibility index (Phi) is 5.04. The number of carbonyl (C=O) groups excluding carboxylic acids is 1. The molecule has 1 aromatic carbocycles. The summed E-state index contributed by atoms with van der Waals surface area (Å²) in [5.74, 6) is -1.55. The minimum absolute atomic E-state index is 0.0605. The molecule has 1 aliphatic rings. The second-order valence-corrected chi connectivity index (χ2v) is 6.86. The van der Waals surface area contributed by atoms with Crippen LogP contribution in [0.5, 0.6) is 0 Å². The lowest BCUT2D eigenvalue weighted by molar-refractivity contribution is -0.148. The highest BCUT2D eigenvalue weighted by Crippen LogP contribution is 2.37. The van der Waals surface area contributed by atoms with Gasteiger partial charge in [0.05, 0.1) is 11.8 Å². The number of carboxylic acid groups (broad SMARTS) is 1. The number of benzene rings is 1. The van der Waals surface area contributed by atoms with E-state index in [0.29, 0.717) is 25.3 Å². The summed E-state index contributed by atoms with van der Waals surface area (Å²) in [7, 11) is 1.74. The van der Waals surface area contributed by atoms with Crippen molar-refractivity contribution in [3.05, 3.63) is 34.3 Å². The Morgan fingerprint density at radius 2 is 1.81 bits per heavy atom. The second kappa shape index (κ2) is 6.60. The summed E-state index contributed by atoms with van der Waals surface area (Å²) in [6, 6.07) is 7.79. The van der Waals surface area contributed by atoms with Gasteiger partial charge in [-0.3, -0.25) is 9.59 Å². The Labute approximate surface area is 133 Å². The minimum atomic E-state index is -0.852. The molecule has 21 heavy (non-hydrogen) atoms. The maximum atomic E-state index is 12.5. The van der Waals surface area contributed by atoms with Crippen LogP contribution in [0.15, 0.2) is 28.7 Å². The zero-order valence-corrected chi connectivity index (χ0v) is 13.8. The van der Waals surface area contributed by atoms with Gasteiger partial charge in [0.2, 0.25) is 5.91 Å². The molecule has 5 heteroatoms. The molecule has 0 aromatic heterocycles. The fourth-order valence-electron chi connectivity index (χ4n) is 3.06. The van der Waals surface area contributed by atoms with Crippen LogP contribution in [0, 0.1) is 17.8 Å². The van der Waals surface area contributed by atoms with Gasteiger partial charge in [-0.15, -0.1) is 0 Å². The Bertz CT molecular complexity index is 529. The lowest BCUT2D eigenvalue weighted by Crippen LogP contribution is -2.36. The fourth-order valence-corrected chi connectivity index (χ4v) is 3.33. The van der Waals surface area contributed by atoms with Crippen LogP contribution in [0.25, 0.3) is 0 Å². The van der Waals surface area contributed by atoms with Crippen molar-refractivity contribution in [3.8, 4) is 0 Å². The number of rotatable bonds is 4. The van der Waals surface area contributed by atoms with E-state index in [1.807, 2.05) is 31.2 Å². The molecular weight excluding hydrogens is 334 g/mol. The van der Waals surface area contributed by atoms with Gasteiger partial charge in [-0.05, 0) is 36.5 Å². The van der Waals surface area contributed by atoms with Gasteiger partial charge < -0.3 is 10.0 Å². The van der Waals surface area contributed by atoms with E-state index in [4.69, 9.17) is 0 Å². The molecule has 1 fully saturated rings. The number of hydrogen-bond acceptors (Lipinski definition) is 2. The summed E-state index contributed by atoms with van der Waals surface area (Å²) in [4.78, 5) is 25.5. The molecule has 0 radical (unpaired) electrons. The number of hydrogen-bond donors (Lipinski definition) is 1. The summed E-state index contributed by atoms with van der Waals surface area (Å²) in [5.41, 5.74) is 1.03. The van der Waals surface area contributed by atoms with E-state index in [-0.39, 0.29) is 5.91 Å². The fraction of sp³-hybridized carbons (Fsp3) is 0.500. The standard InChI is InChI=1S/C16H20BrNO3/c1-10-7-13(14(8-10)16(20)21)15(19)18(2)9-11-3-5-12(17)6-4-11/h3-6,10,13-14H,7-9H2,1-2H3,(H,20,21). The SMILES string of the molecule is CC1CC(C(=O)O)C(C(=O)N(C)Cc2ccc(Br)cc2)C1. The van der Waals surface area contributed by atoms with Crippen LogP contribution < -0.4 is 0 Å².